The summed E-state index contributed by atoms with van der Waals surface area (Å²) in [7, 11) is 0. The number of H-pyrrole nitrogens is 1. The lowest BCUT2D eigenvalue weighted by Crippen LogP contribution is -2.27. The van der Waals surface area contributed by atoms with Gasteiger partial charge in [-0.2, -0.15) is 0 Å². The van der Waals surface area contributed by atoms with Crippen molar-refractivity contribution in [1.29, 1.82) is 0 Å². The Morgan fingerprint density at radius 3 is 2.71 bits per heavy atom. The van der Waals surface area contributed by atoms with Gasteiger partial charge in [0.05, 0.1) is 5.35 Å². The van der Waals surface area contributed by atoms with Crippen molar-refractivity contribution in [1.82, 2.24) is 19.9 Å². The largest absolute Gasteiger partial charge is 0.492 e. The highest BCUT2D eigenvalue weighted by atomic mass is 16.5. The zero-order valence-corrected chi connectivity index (χ0v) is 19.8. The molecule has 0 aliphatic carbocycles. The smallest absolute Gasteiger partial charge is 0.138 e. The van der Waals surface area contributed by atoms with Crippen LogP contribution in [0.15, 0.2) is 67.6 Å². The van der Waals surface area contributed by atoms with Gasteiger partial charge in [0.1, 0.15) is 18.0 Å². The number of allylic oxidation sites excluding steroid dienone is 1. The number of aromatic amines is 1. The van der Waals surface area contributed by atoms with Crippen LogP contribution in [-0.4, -0.2) is 46.1 Å². The van der Waals surface area contributed by atoms with E-state index in [-0.39, 0.29) is 0 Å². The van der Waals surface area contributed by atoms with E-state index in [4.69, 9.17) is 10.5 Å². The van der Waals surface area contributed by atoms with E-state index in [2.05, 4.69) is 58.5 Å². The molecule has 0 bridgehead atoms. The highest BCUT2D eigenvalue weighted by Gasteiger charge is 2.08. The first-order valence-corrected chi connectivity index (χ1v) is 11.6. The fraction of sp³-hybridized carbons (Fsp3) is 0.214. The average Bonchev–Trinajstić information content (AvgIpc) is 3.24. The van der Waals surface area contributed by atoms with Gasteiger partial charge in [0.25, 0.3) is 0 Å². The van der Waals surface area contributed by atoms with E-state index >= 15 is 0 Å². The molecule has 0 amide bonds. The Morgan fingerprint density at radius 2 is 1.97 bits per heavy atom. The number of likely N-dealkylation sites (N-methyl/N-ethyl adjacent to an activating group) is 1. The van der Waals surface area contributed by atoms with E-state index in [1.807, 2.05) is 36.5 Å². The molecule has 4 aromatic rings. The molecule has 3 N–H and O–H groups in total. The number of fused-ring (bicyclic) bond motifs is 1. The van der Waals surface area contributed by atoms with E-state index in [0.29, 0.717) is 6.61 Å². The normalized spacial score (nSPS) is 12.6. The predicted octanol–water partition coefficient (Wildman–Crippen LogP) is 3.54. The van der Waals surface area contributed by atoms with Gasteiger partial charge in [-0.3, -0.25) is 4.98 Å². The third kappa shape index (κ3) is 5.18. The topological polar surface area (TPSA) is 80.1 Å². The Morgan fingerprint density at radius 1 is 1.12 bits per heavy atom. The van der Waals surface area contributed by atoms with Gasteiger partial charge in [0, 0.05) is 47.5 Å². The van der Waals surface area contributed by atoms with Gasteiger partial charge in [-0.25, -0.2) is 4.98 Å². The number of hydrogen-bond acceptors (Lipinski definition) is 5. The van der Waals surface area contributed by atoms with E-state index in [9.17, 15) is 0 Å². The zero-order chi connectivity index (χ0) is 23.9. The second-order valence-corrected chi connectivity index (χ2v) is 8.05. The van der Waals surface area contributed by atoms with Gasteiger partial charge in [0.15, 0.2) is 0 Å². The van der Waals surface area contributed by atoms with Gasteiger partial charge in [-0.1, -0.05) is 38.6 Å². The van der Waals surface area contributed by atoms with E-state index in [1.165, 1.54) is 0 Å². The summed E-state index contributed by atoms with van der Waals surface area (Å²) in [5.74, 6) is 0.853. The van der Waals surface area contributed by atoms with Crippen LogP contribution in [0.25, 0.3) is 40.0 Å². The van der Waals surface area contributed by atoms with Gasteiger partial charge < -0.3 is 20.4 Å². The van der Waals surface area contributed by atoms with Crippen LogP contribution in [0, 0.1) is 0 Å². The Bertz CT molecular complexity index is 1390. The van der Waals surface area contributed by atoms with Crippen molar-refractivity contribution in [3.63, 3.8) is 0 Å². The summed E-state index contributed by atoms with van der Waals surface area (Å²) >= 11 is 0. The van der Waals surface area contributed by atoms with Crippen LogP contribution in [0.3, 0.4) is 0 Å². The zero-order valence-electron chi connectivity index (χ0n) is 19.8. The van der Waals surface area contributed by atoms with Crippen LogP contribution in [0.5, 0.6) is 5.75 Å². The summed E-state index contributed by atoms with van der Waals surface area (Å²) in [6.45, 7) is 12.2. The molecule has 4 rings (SSSR count). The van der Waals surface area contributed by atoms with E-state index in [1.54, 1.807) is 18.6 Å². The molecule has 0 atom stereocenters. The van der Waals surface area contributed by atoms with E-state index < -0.39 is 0 Å². The molecule has 1 aromatic carbocycles. The summed E-state index contributed by atoms with van der Waals surface area (Å²) in [4.78, 5) is 14.5. The van der Waals surface area contributed by atoms with Crippen LogP contribution in [-0.2, 0) is 0 Å². The number of nitrogens with zero attached hydrogens (tertiary/aromatic N) is 3. The molecule has 0 aliphatic heterocycles. The molecular weight excluding hydrogens is 422 g/mol. The summed E-state index contributed by atoms with van der Waals surface area (Å²) in [5.41, 5.74) is 10.6. The van der Waals surface area contributed by atoms with Crippen molar-refractivity contribution in [3.8, 4) is 16.9 Å². The number of rotatable bonds is 9. The van der Waals surface area contributed by atoms with E-state index in [0.717, 1.165) is 69.2 Å². The Labute approximate surface area is 200 Å². The maximum atomic E-state index is 6.02. The molecule has 6 heteroatoms. The monoisotopic (exact) mass is 453 g/mol. The number of nitrogens with one attached hydrogen (secondary N) is 1. The van der Waals surface area contributed by atoms with Crippen LogP contribution >= 0.6 is 0 Å². The minimum absolute atomic E-state index is 0.658. The molecule has 3 heterocycles. The van der Waals surface area contributed by atoms with Crippen molar-refractivity contribution >= 4 is 28.9 Å². The SMILES string of the molecule is C=C(/C=c1\c(=C/N)[nH]c2ncc(-c3cccc(OCCN(CC)CC)c3)cc12)c1cccnc1. The summed E-state index contributed by atoms with van der Waals surface area (Å²) in [5, 5.41) is 2.73. The van der Waals surface area contributed by atoms with Crippen molar-refractivity contribution in [2.75, 3.05) is 26.2 Å². The Hall–Kier alpha value is -3.90. The molecule has 0 spiro atoms. The van der Waals surface area contributed by atoms with Crippen molar-refractivity contribution in [2.45, 2.75) is 13.8 Å². The van der Waals surface area contributed by atoms with Gasteiger partial charge in [-0.05, 0) is 60.1 Å². The first-order chi connectivity index (χ1) is 16.6. The van der Waals surface area contributed by atoms with Crippen LogP contribution in [0.1, 0.15) is 19.4 Å². The molecule has 0 saturated carbocycles. The molecule has 0 fully saturated rings. The molecule has 0 radical (unpaired) electrons. The lowest BCUT2D eigenvalue weighted by Gasteiger charge is -2.18. The number of pyridine rings is 2. The molecule has 3 aromatic heterocycles. The minimum atomic E-state index is 0.658. The van der Waals surface area contributed by atoms with Crippen molar-refractivity contribution in [3.05, 3.63) is 83.8 Å². The molecule has 0 unspecified atom stereocenters. The molecule has 174 valence electrons. The summed E-state index contributed by atoms with van der Waals surface area (Å²) < 4.78 is 6.02. The predicted molar refractivity (Wildman–Crippen MR) is 140 cm³/mol. The van der Waals surface area contributed by atoms with Gasteiger partial charge in [-0.15, -0.1) is 0 Å². The van der Waals surface area contributed by atoms with Crippen LogP contribution in [0.2, 0.25) is 0 Å². The maximum absolute atomic E-state index is 6.02. The Kier molecular flexibility index (Phi) is 7.40. The number of hydrogen-bond donors (Lipinski definition) is 2. The summed E-state index contributed by atoms with van der Waals surface area (Å²) in [6.07, 6.45) is 9.00. The van der Waals surface area contributed by atoms with Gasteiger partial charge >= 0.3 is 0 Å². The molecule has 0 saturated heterocycles. The first-order valence-electron chi connectivity index (χ1n) is 11.6. The van der Waals surface area contributed by atoms with Crippen LogP contribution < -0.4 is 21.0 Å². The fourth-order valence-electron chi connectivity index (χ4n) is 3.96. The highest BCUT2D eigenvalue weighted by Crippen LogP contribution is 2.25. The van der Waals surface area contributed by atoms with Crippen LogP contribution in [0.4, 0.5) is 0 Å². The lowest BCUT2D eigenvalue weighted by molar-refractivity contribution is 0.223. The molecule has 6 nitrogen and oxygen atoms in total. The third-order valence-corrected chi connectivity index (χ3v) is 5.98. The maximum Gasteiger partial charge on any atom is 0.138 e. The fourth-order valence-corrected chi connectivity index (χ4v) is 3.96. The standard InChI is InChI=1S/C28H31N5O/c1-4-33(5-2)12-13-34-24-10-6-8-21(15-24)23-16-26-25(27(17-29)32-28(26)31-19-23)14-20(3)22-9-7-11-30-18-22/h6-11,14-19H,3-5,12-13,29H2,1-2H3,(H,31,32)/b25-14-,27-17+. The molecule has 34 heavy (non-hydrogen) atoms. The highest BCUT2D eigenvalue weighted by molar-refractivity contribution is 5.92. The lowest BCUT2D eigenvalue weighted by atomic mass is 10.0. The third-order valence-electron chi connectivity index (χ3n) is 5.98. The van der Waals surface area contributed by atoms with Crippen molar-refractivity contribution in [2.24, 2.45) is 5.73 Å². The Balaban J connectivity index is 1.67. The first kappa shape index (κ1) is 23.3. The average molecular weight is 454 g/mol. The molecule has 0 aliphatic rings. The number of aromatic nitrogens is 3. The van der Waals surface area contributed by atoms with Gasteiger partial charge in [0.2, 0.25) is 0 Å². The quantitative estimate of drug-likeness (QED) is 0.405. The van der Waals surface area contributed by atoms with Crippen molar-refractivity contribution < 1.29 is 4.74 Å². The minimum Gasteiger partial charge on any atom is -0.492 e. The second-order valence-electron chi connectivity index (χ2n) is 8.05. The summed E-state index contributed by atoms with van der Waals surface area (Å²) in [6, 6.07) is 14.2. The number of nitrogens with two attached hydrogens (primary N) is 1. The second kappa shape index (κ2) is 10.8. The number of ether oxygens (including phenoxy) is 1. The number of benzene rings is 1. The molecular formula is C28H31N5O.